The molecule has 1 aromatic heterocycles. The van der Waals surface area contributed by atoms with Crippen LogP contribution >= 0.6 is 11.8 Å². The van der Waals surface area contributed by atoms with Gasteiger partial charge in [-0.15, -0.1) is 0 Å². The van der Waals surface area contributed by atoms with Crippen LogP contribution in [0.2, 0.25) is 0 Å². The van der Waals surface area contributed by atoms with Gasteiger partial charge in [-0.1, -0.05) is 30.3 Å². The molecule has 0 aliphatic rings. The van der Waals surface area contributed by atoms with Crippen LogP contribution in [0.25, 0.3) is 5.69 Å². The fraction of sp³-hybridized carbons (Fsp3) is 0.261. The van der Waals surface area contributed by atoms with Crippen molar-refractivity contribution >= 4 is 29.3 Å². The molecule has 3 rings (SSSR count). The minimum absolute atomic E-state index is 0.154. The van der Waals surface area contributed by atoms with Gasteiger partial charge in [0.15, 0.2) is 6.10 Å². The quantitative estimate of drug-likeness (QED) is 0.570. The van der Waals surface area contributed by atoms with Crippen LogP contribution in [0.15, 0.2) is 59.4 Å². The molecule has 31 heavy (non-hydrogen) atoms. The molecular weight excluding hydrogens is 414 g/mol. The summed E-state index contributed by atoms with van der Waals surface area (Å²) < 4.78 is 8.47. The number of hydrogen-bond acceptors (Lipinski definition) is 5. The molecule has 0 saturated heterocycles. The van der Waals surface area contributed by atoms with Crippen LogP contribution in [0, 0.1) is 6.92 Å². The third kappa shape index (κ3) is 4.91. The van der Waals surface area contributed by atoms with Crippen LogP contribution in [0.4, 0.5) is 5.69 Å². The van der Waals surface area contributed by atoms with Crippen molar-refractivity contribution in [1.29, 1.82) is 0 Å². The number of nitrogens with zero attached hydrogens (tertiary/aromatic N) is 2. The predicted octanol–water partition coefficient (Wildman–Crippen LogP) is 3.53. The van der Waals surface area contributed by atoms with Gasteiger partial charge < -0.3 is 10.1 Å². The maximum absolute atomic E-state index is 12.9. The summed E-state index contributed by atoms with van der Waals surface area (Å²) in [6, 6.07) is 16.3. The lowest BCUT2D eigenvalue weighted by molar-refractivity contribution is -0.123. The Morgan fingerprint density at radius 1 is 1.13 bits per heavy atom. The van der Waals surface area contributed by atoms with Gasteiger partial charge in [0.05, 0.1) is 16.9 Å². The average molecular weight is 440 g/mol. The van der Waals surface area contributed by atoms with Gasteiger partial charge in [0.25, 0.3) is 11.5 Å². The van der Waals surface area contributed by atoms with Gasteiger partial charge in [0.1, 0.15) is 5.69 Å². The monoisotopic (exact) mass is 439 g/mol. The molecular formula is C23H25N3O4S. The van der Waals surface area contributed by atoms with Gasteiger partial charge in [0, 0.05) is 12.8 Å². The molecule has 0 spiro atoms. The number of aromatic nitrogens is 2. The molecule has 8 heteroatoms. The van der Waals surface area contributed by atoms with E-state index in [0.717, 1.165) is 11.3 Å². The first-order chi connectivity index (χ1) is 14.8. The van der Waals surface area contributed by atoms with Gasteiger partial charge >= 0.3 is 5.97 Å². The summed E-state index contributed by atoms with van der Waals surface area (Å²) in [7, 11) is 1.74. The number of amides is 1. The zero-order valence-electron chi connectivity index (χ0n) is 17.9. The summed E-state index contributed by atoms with van der Waals surface area (Å²) in [5, 5.41) is 2.62. The lowest BCUT2D eigenvalue weighted by atomic mass is 10.1. The Kier molecular flexibility index (Phi) is 7.02. The van der Waals surface area contributed by atoms with Crippen LogP contribution in [-0.2, 0) is 22.3 Å². The molecule has 0 aliphatic carbocycles. The Morgan fingerprint density at radius 2 is 1.84 bits per heavy atom. The Morgan fingerprint density at radius 3 is 2.52 bits per heavy atom. The maximum Gasteiger partial charge on any atom is 0.338 e. The van der Waals surface area contributed by atoms with E-state index in [1.165, 1.54) is 11.6 Å². The molecule has 162 valence electrons. The number of carbonyl (C=O) groups excluding carboxylic acids is 2. The molecule has 3 aromatic rings. The molecule has 2 aromatic carbocycles. The molecule has 1 atom stereocenters. The largest absolute Gasteiger partial charge is 0.449 e. The summed E-state index contributed by atoms with van der Waals surface area (Å²) in [6.45, 7) is 3.22. The Balaban J connectivity index is 1.75. The van der Waals surface area contributed by atoms with Crippen LogP contribution in [0.1, 0.15) is 28.5 Å². The topological polar surface area (TPSA) is 82.3 Å². The van der Waals surface area contributed by atoms with Crippen molar-refractivity contribution in [2.24, 2.45) is 7.05 Å². The van der Waals surface area contributed by atoms with Crippen molar-refractivity contribution in [2.45, 2.75) is 25.7 Å². The Labute approximate surface area is 185 Å². The first kappa shape index (κ1) is 22.4. The number of esters is 1. The van der Waals surface area contributed by atoms with Gasteiger partial charge in [-0.2, -0.15) is 11.8 Å². The van der Waals surface area contributed by atoms with Gasteiger partial charge in [0.2, 0.25) is 0 Å². The van der Waals surface area contributed by atoms with Crippen LogP contribution < -0.4 is 10.9 Å². The number of benzene rings is 2. The van der Waals surface area contributed by atoms with Crippen molar-refractivity contribution in [3.8, 4) is 5.69 Å². The highest BCUT2D eigenvalue weighted by molar-refractivity contribution is 7.97. The normalized spacial score (nSPS) is 11.7. The second-order valence-electron chi connectivity index (χ2n) is 7.11. The molecule has 7 nitrogen and oxygen atoms in total. The van der Waals surface area contributed by atoms with Crippen LogP contribution in [0.5, 0.6) is 0 Å². The van der Waals surface area contributed by atoms with E-state index in [1.54, 1.807) is 48.6 Å². The van der Waals surface area contributed by atoms with Crippen LogP contribution in [0.3, 0.4) is 0 Å². The van der Waals surface area contributed by atoms with E-state index in [4.69, 9.17) is 4.74 Å². The highest BCUT2D eigenvalue weighted by Crippen LogP contribution is 2.16. The highest BCUT2D eigenvalue weighted by atomic mass is 32.2. The lowest BCUT2D eigenvalue weighted by Gasteiger charge is -2.13. The lowest BCUT2D eigenvalue weighted by Crippen LogP contribution is -2.32. The van der Waals surface area contributed by atoms with E-state index in [-0.39, 0.29) is 11.2 Å². The van der Waals surface area contributed by atoms with E-state index in [9.17, 15) is 14.4 Å². The van der Waals surface area contributed by atoms with Gasteiger partial charge in [-0.05, 0) is 49.9 Å². The average Bonchev–Trinajstić information content (AvgIpc) is 2.97. The molecule has 0 aliphatic heterocycles. The van der Waals surface area contributed by atoms with Crippen molar-refractivity contribution < 1.29 is 14.3 Å². The first-order valence-electron chi connectivity index (χ1n) is 9.77. The van der Waals surface area contributed by atoms with E-state index >= 15 is 0 Å². The zero-order valence-corrected chi connectivity index (χ0v) is 18.7. The van der Waals surface area contributed by atoms with Crippen LogP contribution in [-0.4, -0.2) is 33.6 Å². The number of rotatable bonds is 7. The third-order valence-electron chi connectivity index (χ3n) is 4.93. The first-order valence-corrected chi connectivity index (χ1v) is 11.2. The smallest absolute Gasteiger partial charge is 0.338 e. The molecule has 1 amide bonds. The number of ether oxygens (including phenoxy) is 1. The molecule has 0 unspecified atom stereocenters. The predicted molar refractivity (Wildman–Crippen MR) is 123 cm³/mol. The van der Waals surface area contributed by atoms with Crippen molar-refractivity contribution in [3.63, 3.8) is 0 Å². The molecule has 1 heterocycles. The number of carbonyl (C=O) groups is 2. The second-order valence-corrected chi connectivity index (χ2v) is 7.97. The van der Waals surface area contributed by atoms with E-state index in [0.29, 0.717) is 16.9 Å². The summed E-state index contributed by atoms with van der Waals surface area (Å²) in [5.41, 5.74) is 2.45. The SMILES string of the molecule is CSCc1cccc(C(=O)O[C@H](C)C(=O)Nc2c(C)n(C)n(-c3ccccc3)c2=O)c1. The standard InChI is InChI=1S/C23H25N3O4S/c1-15-20(22(28)26(25(15)3)19-11-6-5-7-12-19)24-21(27)16(2)30-23(29)18-10-8-9-17(13-18)14-31-4/h5-13,16H,14H2,1-4H3,(H,24,27)/t16-/m1/s1. The second kappa shape index (κ2) is 9.70. The molecule has 0 fully saturated rings. The minimum atomic E-state index is -1.07. The molecule has 0 bridgehead atoms. The van der Waals surface area contributed by atoms with Gasteiger partial charge in [-0.3, -0.25) is 14.3 Å². The highest BCUT2D eigenvalue weighted by Gasteiger charge is 2.23. The van der Waals surface area contributed by atoms with Crippen molar-refractivity contribution in [1.82, 2.24) is 9.36 Å². The number of thioether (sulfide) groups is 1. The van der Waals surface area contributed by atoms with E-state index < -0.39 is 18.0 Å². The summed E-state index contributed by atoms with van der Waals surface area (Å²) in [4.78, 5) is 38.1. The van der Waals surface area contributed by atoms with E-state index in [1.807, 2.05) is 42.7 Å². The number of hydrogen-bond donors (Lipinski definition) is 1. The molecule has 0 saturated carbocycles. The molecule has 1 N–H and O–H groups in total. The zero-order chi connectivity index (χ0) is 22.5. The molecule has 0 radical (unpaired) electrons. The Bertz CT molecular complexity index is 1150. The minimum Gasteiger partial charge on any atom is -0.449 e. The maximum atomic E-state index is 12.9. The fourth-order valence-corrected chi connectivity index (χ4v) is 3.69. The number of anilines is 1. The number of para-hydroxylation sites is 1. The summed E-state index contributed by atoms with van der Waals surface area (Å²) in [6.07, 6.45) is 0.912. The van der Waals surface area contributed by atoms with Crippen molar-refractivity contribution in [3.05, 3.63) is 81.8 Å². The fourth-order valence-electron chi connectivity index (χ4n) is 3.17. The van der Waals surface area contributed by atoms with Gasteiger partial charge in [-0.25, -0.2) is 9.48 Å². The Hall–Kier alpha value is -3.26. The number of nitrogens with one attached hydrogen (secondary N) is 1. The van der Waals surface area contributed by atoms with Crippen molar-refractivity contribution in [2.75, 3.05) is 11.6 Å². The third-order valence-corrected chi connectivity index (χ3v) is 5.55. The summed E-state index contributed by atoms with van der Waals surface area (Å²) in [5.74, 6) is -0.380. The summed E-state index contributed by atoms with van der Waals surface area (Å²) >= 11 is 1.65. The van der Waals surface area contributed by atoms with E-state index in [2.05, 4.69) is 5.32 Å².